The van der Waals surface area contributed by atoms with Crippen molar-refractivity contribution in [2.24, 2.45) is 0 Å². The lowest BCUT2D eigenvalue weighted by Crippen LogP contribution is -2.48. The molecule has 21 heavy (non-hydrogen) atoms. The first-order chi connectivity index (χ1) is 10.1. The van der Waals surface area contributed by atoms with Crippen LogP contribution < -0.4 is 0 Å². The van der Waals surface area contributed by atoms with Gasteiger partial charge in [-0.2, -0.15) is 0 Å². The Morgan fingerprint density at radius 3 is 3.00 bits per heavy atom. The molecule has 0 radical (unpaired) electrons. The van der Waals surface area contributed by atoms with Gasteiger partial charge in [0, 0.05) is 18.0 Å². The zero-order chi connectivity index (χ0) is 15.2. The van der Waals surface area contributed by atoms with Crippen LogP contribution in [0.4, 0.5) is 0 Å². The number of aromatic nitrogens is 1. The van der Waals surface area contributed by atoms with Gasteiger partial charge in [-0.05, 0) is 39.2 Å². The highest BCUT2D eigenvalue weighted by molar-refractivity contribution is 7.09. The Labute approximate surface area is 128 Å². The second kappa shape index (κ2) is 7.36. The summed E-state index contributed by atoms with van der Waals surface area (Å²) in [7, 11) is 0. The minimum Gasteiger partial charge on any atom is -0.464 e. The summed E-state index contributed by atoms with van der Waals surface area (Å²) in [5.41, 5.74) is 0.774. The van der Waals surface area contributed by atoms with Crippen LogP contribution in [0.2, 0.25) is 0 Å². The van der Waals surface area contributed by atoms with E-state index < -0.39 is 6.04 Å². The van der Waals surface area contributed by atoms with E-state index in [1.165, 1.54) is 6.08 Å². The van der Waals surface area contributed by atoms with Crippen molar-refractivity contribution in [2.45, 2.75) is 39.2 Å². The summed E-state index contributed by atoms with van der Waals surface area (Å²) >= 11 is 1.54. The molecule has 0 saturated carbocycles. The third kappa shape index (κ3) is 4.14. The molecule has 1 fully saturated rings. The molecule has 1 unspecified atom stereocenters. The Kier molecular flexibility index (Phi) is 5.50. The van der Waals surface area contributed by atoms with E-state index in [2.05, 4.69) is 4.98 Å². The van der Waals surface area contributed by atoms with Gasteiger partial charge in [-0.25, -0.2) is 9.78 Å². The predicted octanol–water partition coefficient (Wildman–Crippen LogP) is 2.41. The number of aryl methyl sites for hydroxylation is 1. The normalized spacial score (nSPS) is 19.0. The minimum atomic E-state index is -0.451. The molecular weight excluding hydrogens is 288 g/mol. The van der Waals surface area contributed by atoms with Gasteiger partial charge in [0.1, 0.15) is 6.04 Å². The van der Waals surface area contributed by atoms with Crippen LogP contribution in [0.1, 0.15) is 36.9 Å². The molecule has 0 spiro atoms. The van der Waals surface area contributed by atoms with Crippen LogP contribution in [0.25, 0.3) is 6.08 Å². The molecule has 114 valence electrons. The van der Waals surface area contributed by atoms with Crippen LogP contribution in [0.5, 0.6) is 0 Å². The highest BCUT2D eigenvalue weighted by atomic mass is 32.1. The molecule has 6 heteroatoms. The highest BCUT2D eigenvalue weighted by Gasteiger charge is 2.32. The second-order valence-corrected chi connectivity index (χ2v) is 5.98. The number of carbonyl (C=O) groups is 2. The third-order valence-corrected chi connectivity index (χ3v) is 4.17. The number of likely N-dealkylation sites (tertiary alicyclic amines) is 1. The molecule has 0 N–H and O–H groups in total. The maximum Gasteiger partial charge on any atom is 0.328 e. The number of piperidine rings is 1. The maximum atomic E-state index is 12.3. The second-order valence-electron chi connectivity index (χ2n) is 4.92. The van der Waals surface area contributed by atoms with Gasteiger partial charge in [0.25, 0.3) is 0 Å². The van der Waals surface area contributed by atoms with Crippen molar-refractivity contribution >= 4 is 29.3 Å². The Hall–Kier alpha value is -1.69. The number of carbonyl (C=O) groups excluding carboxylic acids is 2. The van der Waals surface area contributed by atoms with Crippen molar-refractivity contribution in [2.75, 3.05) is 13.2 Å². The van der Waals surface area contributed by atoms with Crippen molar-refractivity contribution in [1.82, 2.24) is 9.88 Å². The van der Waals surface area contributed by atoms with E-state index >= 15 is 0 Å². The van der Waals surface area contributed by atoms with E-state index in [0.29, 0.717) is 19.6 Å². The van der Waals surface area contributed by atoms with Gasteiger partial charge in [-0.3, -0.25) is 4.79 Å². The number of amides is 1. The van der Waals surface area contributed by atoms with Crippen LogP contribution in [0.3, 0.4) is 0 Å². The van der Waals surface area contributed by atoms with Crippen molar-refractivity contribution in [3.05, 3.63) is 22.2 Å². The van der Waals surface area contributed by atoms with E-state index in [1.807, 2.05) is 12.3 Å². The van der Waals surface area contributed by atoms with Gasteiger partial charge in [-0.1, -0.05) is 0 Å². The summed E-state index contributed by atoms with van der Waals surface area (Å²) in [5, 5.41) is 2.86. The van der Waals surface area contributed by atoms with E-state index in [-0.39, 0.29) is 11.9 Å². The Balaban J connectivity index is 2.04. The fourth-order valence-electron chi connectivity index (χ4n) is 2.39. The number of hydrogen-bond acceptors (Lipinski definition) is 5. The lowest BCUT2D eigenvalue weighted by atomic mass is 10.0. The van der Waals surface area contributed by atoms with E-state index in [4.69, 9.17) is 4.74 Å². The monoisotopic (exact) mass is 308 g/mol. The minimum absolute atomic E-state index is 0.154. The molecule has 1 amide bonds. The SMILES string of the molecule is CCOC(=O)C1CCCCN1C(=O)/C=C/c1csc(C)n1. The molecule has 2 heterocycles. The number of hydrogen-bond donors (Lipinski definition) is 0. The van der Waals surface area contributed by atoms with Crippen molar-refractivity contribution in [3.8, 4) is 0 Å². The first-order valence-electron chi connectivity index (χ1n) is 7.19. The fraction of sp³-hybridized carbons (Fsp3) is 0.533. The molecule has 1 aromatic rings. The molecule has 0 aliphatic carbocycles. The van der Waals surface area contributed by atoms with Gasteiger partial charge in [0.15, 0.2) is 0 Å². The van der Waals surface area contributed by atoms with Gasteiger partial charge in [0.05, 0.1) is 17.3 Å². The van der Waals surface area contributed by atoms with Crippen molar-refractivity contribution < 1.29 is 14.3 Å². The Bertz CT molecular complexity index is 539. The lowest BCUT2D eigenvalue weighted by Gasteiger charge is -2.33. The maximum absolute atomic E-state index is 12.3. The quantitative estimate of drug-likeness (QED) is 0.633. The number of esters is 1. The number of nitrogens with zero attached hydrogens (tertiary/aromatic N) is 2. The van der Waals surface area contributed by atoms with Crippen molar-refractivity contribution in [1.29, 1.82) is 0 Å². The summed E-state index contributed by atoms with van der Waals surface area (Å²) in [4.78, 5) is 30.1. The fourth-order valence-corrected chi connectivity index (χ4v) is 2.97. The molecule has 1 atom stereocenters. The molecule has 0 bridgehead atoms. The predicted molar refractivity (Wildman–Crippen MR) is 81.9 cm³/mol. The van der Waals surface area contributed by atoms with Crippen LogP contribution in [0, 0.1) is 6.92 Å². The van der Waals surface area contributed by atoms with Gasteiger partial charge in [0.2, 0.25) is 5.91 Å². The number of rotatable bonds is 4. The zero-order valence-corrected chi connectivity index (χ0v) is 13.2. The summed E-state index contributed by atoms with van der Waals surface area (Å²) in [6.45, 7) is 4.64. The molecule has 1 aromatic heterocycles. The summed E-state index contributed by atoms with van der Waals surface area (Å²) in [5.74, 6) is -0.457. The average molecular weight is 308 g/mol. The first-order valence-corrected chi connectivity index (χ1v) is 8.07. The van der Waals surface area contributed by atoms with Crippen LogP contribution in [-0.4, -0.2) is 41.0 Å². The summed E-state index contributed by atoms with van der Waals surface area (Å²) in [6.07, 6.45) is 5.73. The third-order valence-electron chi connectivity index (χ3n) is 3.38. The molecular formula is C15H20N2O3S. The standard InChI is InChI=1S/C15H20N2O3S/c1-3-20-15(19)13-6-4-5-9-17(13)14(18)8-7-12-10-21-11(2)16-12/h7-8,10,13H,3-6,9H2,1-2H3/b8-7+. The first kappa shape index (κ1) is 15.7. The molecule has 1 aliphatic heterocycles. The van der Waals surface area contributed by atoms with Crippen LogP contribution in [-0.2, 0) is 14.3 Å². The molecule has 2 rings (SSSR count). The number of thiazole rings is 1. The zero-order valence-electron chi connectivity index (χ0n) is 12.4. The average Bonchev–Trinajstić information content (AvgIpc) is 2.90. The molecule has 1 saturated heterocycles. The smallest absolute Gasteiger partial charge is 0.328 e. The molecule has 0 aromatic carbocycles. The Morgan fingerprint density at radius 2 is 2.33 bits per heavy atom. The van der Waals surface area contributed by atoms with E-state index in [0.717, 1.165) is 23.5 Å². The molecule has 1 aliphatic rings. The van der Waals surface area contributed by atoms with Crippen LogP contribution in [0.15, 0.2) is 11.5 Å². The number of ether oxygens (including phenoxy) is 1. The summed E-state index contributed by atoms with van der Waals surface area (Å²) in [6, 6.07) is -0.451. The van der Waals surface area contributed by atoms with Gasteiger partial charge >= 0.3 is 5.97 Å². The van der Waals surface area contributed by atoms with Gasteiger partial charge in [-0.15, -0.1) is 11.3 Å². The summed E-state index contributed by atoms with van der Waals surface area (Å²) < 4.78 is 5.06. The van der Waals surface area contributed by atoms with E-state index in [1.54, 1.807) is 29.2 Å². The Morgan fingerprint density at radius 1 is 1.52 bits per heavy atom. The van der Waals surface area contributed by atoms with Gasteiger partial charge < -0.3 is 9.64 Å². The largest absolute Gasteiger partial charge is 0.464 e. The van der Waals surface area contributed by atoms with Crippen LogP contribution >= 0.6 is 11.3 Å². The molecule has 5 nitrogen and oxygen atoms in total. The van der Waals surface area contributed by atoms with E-state index in [9.17, 15) is 9.59 Å². The highest BCUT2D eigenvalue weighted by Crippen LogP contribution is 2.19. The van der Waals surface area contributed by atoms with Crippen molar-refractivity contribution in [3.63, 3.8) is 0 Å². The topological polar surface area (TPSA) is 59.5 Å². The lowest BCUT2D eigenvalue weighted by molar-refractivity contribution is -0.155.